The molecule has 1 aromatic carbocycles. The van der Waals surface area contributed by atoms with Crippen LogP contribution in [0.3, 0.4) is 0 Å². The molecule has 0 amide bonds. The van der Waals surface area contributed by atoms with Crippen molar-refractivity contribution in [1.29, 1.82) is 0 Å². The molecule has 0 spiro atoms. The van der Waals surface area contributed by atoms with Gasteiger partial charge in [-0.05, 0) is 23.5 Å². The van der Waals surface area contributed by atoms with Gasteiger partial charge in [0.25, 0.3) is 0 Å². The minimum absolute atomic E-state index is 0.152. The van der Waals surface area contributed by atoms with Gasteiger partial charge in [0.2, 0.25) is 0 Å². The van der Waals surface area contributed by atoms with Gasteiger partial charge in [0.05, 0.1) is 18.8 Å². The summed E-state index contributed by atoms with van der Waals surface area (Å²) in [5.74, 6) is 0. The lowest BCUT2D eigenvalue weighted by Crippen LogP contribution is -2.48. The monoisotopic (exact) mass is 305 g/mol. The van der Waals surface area contributed by atoms with Crippen molar-refractivity contribution in [2.75, 3.05) is 40.0 Å². The Morgan fingerprint density at radius 3 is 2.14 bits per heavy atom. The van der Waals surface area contributed by atoms with Gasteiger partial charge < -0.3 is 9.47 Å². The highest BCUT2D eigenvalue weighted by molar-refractivity contribution is 5.28. The maximum Gasteiger partial charge on any atom is 0.0817 e. The first-order valence-electron chi connectivity index (χ1n) is 8.27. The first kappa shape index (κ1) is 17.5. The predicted molar refractivity (Wildman–Crippen MR) is 91.5 cm³/mol. The smallest absolute Gasteiger partial charge is 0.0817 e. The third kappa shape index (κ3) is 4.80. The number of rotatable bonds is 5. The summed E-state index contributed by atoms with van der Waals surface area (Å²) >= 11 is 0. The zero-order chi connectivity index (χ0) is 16.2. The van der Waals surface area contributed by atoms with Crippen molar-refractivity contribution in [3.05, 3.63) is 35.4 Å². The minimum atomic E-state index is -0.152. The normalized spacial score (nSPS) is 19.9. The van der Waals surface area contributed by atoms with Gasteiger partial charge in [-0.3, -0.25) is 4.90 Å². The maximum atomic E-state index is 5.86. The Kier molecular flexibility index (Phi) is 5.65. The van der Waals surface area contributed by atoms with Gasteiger partial charge in [0.1, 0.15) is 0 Å². The molecule has 0 aromatic heterocycles. The molecule has 1 fully saturated rings. The van der Waals surface area contributed by atoms with Crippen molar-refractivity contribution in [1.82, 2.24) is 4.90 Å². The van der Waals surface area contributed by atoms with Crippen LogP contribution in [0, 0.1) is 0 Å². The number of hydrogen-bond donors (Lipinski definition) is 0. The van der Waals surface area contributed by atoms with Crippen LogP contribution in [0.2, 0.25) is 0 Å². The van der Waals surface area contributed by atoms with Crippen molar-refractivity contribution in [2.24, 2.45) is 0 Å². The van der Waals surface area contributed by atoms with Gasteiger partial charge in [-0.2, -0.15) is 0 Å². The second kappa shape index (κ2) is 7.12. The molecule has 0 aliphatic carbocycles. The second-order valence-corrected chi connectivity index (χ2v) is 7.67. The fourth-order valence-electron chi connectivity index (χ4n) is 2.98. The molecule has 1 saturated heterocycles. The number of nitrogens with zero attached hydrogens (tertiary/aromatic N) is 1. The van der Waals surface area contributed by atoms with Crippen LogP contribution in [0.15, 0.2) is 24.3 Å². The van der Waals surface area contributed by atoms with E-state index in [2.05, 4.69) is 56.9 Å². The molecule has 1 aliphatic heterocycles. The van der Waals surface area contributed by atoms with E-state index in [1.165, 1.54) is 11.1 Å². The quantitative estimate of drug-likeness (QED) is 0.833. The highest BCUT2D eigenvalue weighted by atomic mass is 16.5. The Morgan fingerprint density at radius 2 is 1.64 bits per heavy atom. The molecule has 3 heteroatoms. The van der Waals surface area contributed by atoms with E-state index in [9.17, 15) is 0 Å². The van der Waals surface area contributed by atoms with Crippen LogP contribution in [-0.2, 0) is 21.3 Å². The molecule has 2 rings (SSSR count). The number of ether oxygens (including phenoxy) is 2. The molecule has 124 valence electrons. The van der Waals surface area contributed by atoms with Gasteiger partial charge in [0.15, 0.2) is 0 Å². The molecule has 0 saturated carbocycles. The summed E-state index contributed by atoms with van der Waals surface area (Å²) in [5, 5.41) is 0. The topological polar surface area (TPSA) is 21.7 Å². The Labute approximate surface area is 135 Å². The van der Waals surface area contributed by atoms with Crippen molar-refractivity contribution >= 4 is 0 Å². The molecule has 0 radical (unpaired) electrons. The van der Waals surface area contributed by atoms with E-state index in [1.54, 1.807) is 0 Å². The van der Waals surface area contributed by atoms with Crippen LogP contribution in [0.25, 0.3) is 0 Å². The fourth-order valence-corrected chi connectivity index (χ4v) is 2.98. The van der Waals surface area contributed by atoms with Crippen LogP contribution >= 0.6 is 0 Å². The first-order chi connectivity index (χ1) is 10.3. The van der Waals surface area contributed by atoms with E-state index in [0.717, 1.165) is 39.3 Å². The van der Waals surface area contributed by atoms with E-state index in [4.69, 9.17) is 9.47 Å². The molecule has 1 aliphatic rings. The van der Waals surface area contributed by atoms with Gasteiger partial charge in [-0.25, -0.2) is 0 Å². The Bertz CT molecular complexity index is 457. The largest absolute Gasteiger partial charge is 0.379 e. The van der Waals surface area contributed by atoms with Crippen LogP contribution in [0.1, 0.15) is 38.8 Å². The van der Waals surface area contributed by atoms with E-state index >= 15 is 0 Å². The molecule has 3 nitrogen and oxygen atoms in total. The zero-order valence-corrected chi connectivity index (χ0v) is 14.8. The predicted octanol–water partition coefficient (Wildman–Crippen LogP) is 3.26. The summed E-state index contributed by atoms with van der Waals surface area (Å²) < 4.78 is 11.3. The summed E-state index contributed by atoms with van der Waals surface area (Å²) in [4.78, 5) is 2.44. The molecule has 1 aromatic rings. The van der Waals surface area contributed by atoms with Gasteiger partial charge in [-0.1, -0.05) is 45.0 Å². The Balaban J connectivity index is 2.01. The third-order valence-corrected chi connectivity index (χ3v) is 4.55. The van der Waals surface area contributed by atoms with Crippen molar-refractivity contribution in [3.63, 3.8) is 0 Å². The Morgan fingerprint density at radius 1 is 1.05 bits per heavy atom. The third-order valence-electron chi connectivity index (χ3n) is 4.55. The molecule has 0 bridgehead atoms. The van der Waals surface area contributed by atoms with Crippen LogP contribution < -0.4 is 0 Å². The summed E-state index contributed by atoms with van der Waals surface area (Å²) in [7, 11) is 1.82. The Hall–Kier alpha value is -0.900. The van der Waals surface area contributed by atoms with E-state index in [1.807, 2.05) is 7.11 Å². The highest BCUT2D eigenvalue weighted by Crippen LogP contribution is 2.24. The molecular formula is C19H31NO2. The van der Waals surface area contributed by atoms with Crippen LogP contribution in [-0.4, -0.2) is 50.5 Å². The highest BCUT2D eigenvalue weighted by Gasteiger charge is 2.28. The first-order valence-corrected chi connectivity index (χ1v) is 8.27. The molecule has 1 atom stereocenters. The average molecular weight is 305 g/mol. The molecule has 1 heterocycles. The lowest BCUT2D eigenvalue weighted by molar-refractivity contribution is -0.0466. The number of morpholine rings is 1. The lowest BCUT2D eigenvalue weighted by atomic mass is 9.85. The van der Waals surface area contributed by atoms with Gasteiger partial charge >= 0.3 is 0 Å². The fraction of sp³-hybridized carbons (Fsp3) is 0.684. The average Bonchev–Trinajstić information content (AvgIpc) is 2.48. The second-order valence-electron chi connectivity index (χ2n) is 7.67. The summed E-state index contributed by atoms with van der Waals surface area (Å²) in [6.07, 6.45) is 0.936. The summed E-state index contributed by atoms with van der Waals surface area (Å²) in [6.45, 7) is 13.6. The summed E-state index contributed by atoms with van der Waals surface area (Å²) in [6, 6.07) is 8.99. The molecular weight excluding hydrogens is 274 g/mol. The van der Waals surface area contributed by atoms with Gasteiger partial charge in [-0.15, -0.1) is 0 Å². The van der Waals surface area contributed by atoms with Crippen molar-refractivity contribution in [3.8, 4) is 0 Å². The molecule has 1 unspecified atom stereocenters. The van der Waals surface area contributed by atoms with E-state index < -0.39 is 0 Å². The summed E-state index contributed by atoms with van der Waals surface area (Å²) in [5.41, 5.74) is 2.77. The van der Waals surface area contributed by atoms with E-state index in [-0.39, 0.29) is 11.0 Å². The van der Waals surface area contributed by atoms with E-state index in [0.29, 0.717) is 0 Å². The number of benzene rings is 1. The van der Waals surface area contributed by atoms with Gasteiger partial charge in [0, 0.05) is 33.2 Å². The lowest BCUT2D eigenvalue weighted by Gasteiger charge is -2.36. The van der Waals surface area contributed by atoms with Crippen LogP contribution in [0.4, 0.5) is 0 Å². The number of hydrogen-bond acceptors (Lipinski definition) is 3. The standard InChI is InChI=1S/C19H31NO2/c1-18(2,3)17-8-6-16(7-9-17)14-19(4,21-5)15-20-10-12-22-13-11-20/h6-9H,10-15H2,1-5H3. The zero-order valence-electron chi connectivity index (χ0n) is 14.8. The molecule has 22 heavy (non-hydrogen) atoms. The van der Waals surface area contributed by atoms with Crippen molar-refractivity contribution < 1.29 is 9.47 Å². The molecule has 0 N–H and O–H groups in total. The maximum absolute atomic E-state index is 5.86. The SMILES string of the molecule is COC(C)(Cc1ccc(C(C)(C)C)cc1)CN1CCOCC1. The van der Waals surface area contributed by atoms with Crippen LogP contribution in [0.5, 0.6) is 0 Å². The van der Waals surface area contributed by atoms with Crippen molar-refractivity contribution in [2.45, 2.75) is 45.1 Å². The minimum Gasteiger partial charge on any atom is -0.379 e. The number of methoxy groups -OCH3 is 1.